The molecule has 0 unspecified atom stereocenters. The van der Waals surface area contributed by atoms with Crippen molar-refractivity contribution in [2.45, 2.75) is 54.0 Å². The van der Waals surface area contributed by atoms with Crippen molar-refractivity contribution in [1.82, 2.24) is 10.3 Å². The van der Waals surface area contributed by atoms with Gasteiger partial charge >= 0.3 is 0 Å². The molecule has 1 heterocycles. The SMILES string of the molecule is CCNCc1cnc(N(CCC(C)C)CCC(C)C)s1. The smallest absolute Gasteiger partial charge is 0.185 e. The number of thiazole rings is 1. The highest BCUT2D eigenvalue weighted by molar-refractivity contribution is 7.15. The zero-order chi connectivity index (χ0) is 15.0. The van der Waals surface area contributed by atoms with Crippen molar-refractivity contribution in [3.8, 4) is 0 Å². The summed E-state index contributed by atoms with van der Waals surface area (Å²) in [5, 5.41) is 4.56. The van der Waals surface area contributed by atoms with Gasteiger partial charge in [-0.05, 0) is 31.2 Å². The van der Waals surface area contributed by atoms with E-state index in [1.165, 1.54) is 22.9 Å². The Morgan fingerprint density at radius 2 is 1.75 bits per heavy atom. The van der Waals surface area contributed by atoms with Crippen LogP contribution in [0.1, 0.15) is 52.3 Å². The third-order valence-electron chi connectivity index (χ3n) is 3.31. The molecule has 0 saturated heterocycles. The van der Waals surface area contributed by atoms with Crippen LogP contribution in [0.3, 0.4) is 0 Å². The molecule has 1 aromatic rings. The monoisotopic (exact) mass is 297 g/mol. The van der Waals surface area contributed by atoms with Crippen LogP contribution in [0, 0.1) is 11.8 Å². The Kier molecular flexibility index (Phi) is 8.15. The van der Waals surface area contributed by atoms with Gasteiger partial charge in [-0.1, -0.05) is 34.6 Å². The first kappa shape index (κ1) is 17.4. The lowest BCUT2D eigenvalue weighted by atomic mass is 10.1. The zero-order valence-electron chi connectivity index (χ0n) is 13.8. The molecule has 1 rings (SSSR count). The fraction of sp³-hybridized carbons (Fsp3) is 0.812. The molecule has 0 radical (unpaired) electrons. The lowest BCUT2D eigenvalue weighted by molar-refractivity contribution is 0.535. The summed E-state index contributed by atoms with van der Waals surface area (Å²) in [6.45, 7) is 15.5. The molecule has 0 aliphatic heterocycles. The van der Waals surface area contributed by atoms with Gasteiger partial charge in [-0.3, -0.25) is 0 Å². The second kappa shape index (κ2) is 9.35. The standard InChI is InChI=1S/C16H31N3S/c1-6-17-11-15-12-18-16(20-15)19(9-7-13(2)3)10-8-14(4)5/h12-14,17H,6-11H2,1-5H3. The van der Waals surface area contributed by atoms with E-state index in [0.717, 1.165) is 38.0 Å². The summed E-state index contributed by atoms with van der Waals surface area (Å²) in [6.07, 6.45) is 4.50. The van der Waals surface area contributed by atoms with Gasteiger partial charge in [0.05, 0.1) is 0 Å². The molecule has 1 aromatic heterocycles. The minimum atomic E-state index is 0.748. The lowest BCUT2D eigenvalue weighted by Gasteiger charge is -2.23. The van der Waals surface area contributed by atoms with Gasteiger partial charge in [0, 0.05) is 30.7 Å². The quantitative estimate of drug-likeness (QED) is 0.703. The molecule has 0 amide bonds. The molecule has 0 saturated carbocycles. The highest BCUT2D eigenvalue weighted by atomic mass is 32.1. The van der Waals surface area contributed by atoms with E-state index in [0.29, 0.717) is 0 Å². The average Bonchev–Trinajstić information content (AvgIpc) is 2.84. The number of hydrogen-bond donors (Lipinski definition) is 1. The molecule has 3 nitrogen and oxygen atoms in total. The minimum absolute atomic E-state index is 0.748. The van der Waals surface area contributed by atoms with Gasteiger partial charge in [-0.2, -0.15) is 0 Å². The fourth-order valence-electron chi connectivity index (χ4n) is 1.90. The predicted molar refractivity (Wildman–Crippen MR) is 90.6 cm³/mol. The second-order valence-electron chi connectivity index (χ2n) is 6.24. The summed E-state index contributed by atoms with van der Waals surface area (Å²) in [6, 6.07) is 0. The van der Waals surface area contributed by atoms with E-state index in [-0.39, 0.29) is 0 Å². The molecule has 0 bridgehead atoms. The van der Waals surface area contributed by atoms with Crippen LogP contribution in [0.15, 0.2) is 6.20 Å². The van der Waals surface area contributed by atoms with Crippen LogP contribution in [0.5, 0.6) is 0 Å². The molecule has 0 aromatic carbocycles. The number of anilines is 1. The predicted octanol–water partition coefficient (Wildman–Crippen LogP) is 4.15. The molecule has 0 aliphatic rings. The first-order valence-electron chi connectivity index (χ1n) is 7.93. The van der Waals surface area contributed by atoms with Crippen LogP contribution in [-0.4, -0.2) is 24.6 Å². The normalized spacial score (nSPS) is 11.6. The van der Waals surface area contributed by atoms with Crippen LogP contribution in [0.25, 0.3) is 0 Å². The van der Waals surface area contributed by atoms with Crippen LogP contribution in [-0.2, 0) is 6.54 Å². The van der Waals surface area contributed by atoms with Crippen molar-refractivity contribution in [3.05, 3.63) is 11.1 Å². The Balaban J connectivity index is 2.62. The van der Waals surface area contributed by atoms with Crippen molar-refractivity contribution in [2.75, 3.05) is 24.5 Å². The summed E-state index contributed by atoms with van der Waals surface area (Å²) in [7, 11) is 0. The Hall–Kier alpha value is -0.610. The highest BCUT2D eigenvalue weighted by Gasteiger charge is 2.12. The zero-order valence-corrected chi connectivity index (χ0v) is 14.6. The van der Waals surface area contributed by atoms with Crippen molar-refractivity contribution in [3.63, 3.8) is 0 Å². The number of aromatic nitrogens is 1. The van der Waals surface area contributed by atoms with Crippen molar-refractivity contribution < 1.29 is 0 Å². The van der Waals surface area contributed by atoms with Gasteiger partial charge in [0.2, 0.25) is 0 Å². The Morgan fingerprint density at radius 1 is 1.15 bits per heavy atom. The van der Waals surface area contributed by atoms with E-state index in [1.807, 2.05) is 17.5 Å². The maximum Gasteiger partial charge on any atom is 0.185 e. The van der Waals surface area contributed by atoms with Gasteiger partial charge in [-0.25, -0.2) is 4.98 Å². The third kappa shape index (κ3) is 6.71. The van der Waals surface area contributed by atoms with Crippen LogP contribution < -0.4 is 10.2 Å². The third-order valence-corrected chi connectivity index (χ3v) is 4.37. The second-order valence-corrected chi connectivity index (χ2v) is 7.34. The fourth-order valence-corrected chi connectivity index (χ4v) is 2.84. The van der Waals surface area contributed by atoms with Crippen molar-refractivity contribution in [1.29, 1.82) is 0 Å². The van der Waals surface area contributed by atoms with E-state index in [1.54, 1.807) is 0 Å². The van der Waals surface area contributed by atoms with Gasteiger partial charge in [-0.15, -0.1) is 11.3 Å². The Morgan fingerprint density at radius 3 is 2.25 bits per heavy atom. The number of rotatable bonds is 10. The summed E-state index contributed by atoms with van der Waals surface area (Å²) < 4.78 is 0. The van der Waals surface area contributed by atoms with E-state index in [2.05, 4.69) is 49.8 Å². The minimum Gasteiger partial charge on any atom is -0.348 e. The molecule has 4 heteroatoms. The largest absolute Gasteiger partial charge is 0.348 e. The Bertz CT molecular complexity index is 348. The van der Waals surface area contributed by atoms with Crippen LogP contribution in [0.2, 0.25) is 0 Å². The summed E-state index contributed by atoms with van der Waals surface area (Å²) in [5.41, 5.74) is 0. The molecule has 0 aliphatic carbocycles. The summed E-state index contributed by atoms with van der Waals surface area (Å²) in [5.74, 6) is 1.50. The van der Waals surface area contributed by atoms with E-state index >= 15 is 0 Å². The number of nitrogens with one attached hydrogen (secondary N) is 1. The van der Waals surface area contributed by atoms with Crippen LogP contribution >= 0.6 is 11.3 Å². The summed E-state index contributed by atoms with van der Waals surface area (Å²) >= 11 is 1.84. The van der Waals surface area contributed by atoms with Gasteiger partial charge in [0.1, 0.15) is 0 Å². The van der Waals surface area contributed by atoms with Crippen molar-refractivity contribution >= 4 is 16.5 Å². The molecule has 116 valence electrons. The maximum atomic E-state index is 4.63. The lowest BCUT2D eigenvalue weighted by Crippen LogP contribution is -2.27. The van der Waals surface area contributed by atoms with Crippen molar-refractivity contribution in [2.24, 2.45) is 11.8 Å². The van der Waals surface area contributed by atoms with E-state index < -0.39 is 0 Å². The molecule has 1 N–H and O–H groups in total. The van der Waals surface area contributed by atoms with E-state index in [4.69, 9.17) is 0 Å². The maximum absolute atomic E-state index is 4.63. The first-order chi connectivity index (χ1) is 9.52. The number of hydrogen-bond acceptors (Lipinski definition) is 4. The van der Waals surface area contributed by atoms with Gasteiger partial charge in [0.15, 0.2) is 5.13 Å². The molecular formula is C16H31N3S. The average molecular weight is 298 g/mol. The Labute approximate surface area is 128 Å². The molecule has 20 heavy (non-hydrogen) atoms. The van der Waals surface area contributed by atoms with Crippen LogP contribution in [0.4, 0.5) is 5.13 Å². The van der Waals surface area contributed by atoms with Gasteiger partial charge in [0.25, 0.3) is 0 Å². The van der Waals surface area contributed by atoms with Gasteiger partial charge < -0.3 is 10.2 Å². The topological polar surface area (TPSA) is 28.2 Å². The number of nitrogens with zero attached hydrogens (tertiary/aromatic N) is 2. The first-order valence-corrected chi connectivity index (χ1v) is 8.74. The van der Waals surface area contributed by atoms with E-state index in [9.17, 15) is 0 Å². The highest BCUT2D eigenvalue weighted by Crippen LogP contribution is 2.24. The summed E-state index contributed by atoms with van der Waals surface area (Å²) in [4.78, 5) is 8.44. The molecule has 0 fully saturated rings. The molecule has 0 spiro atoms. The molecular weight excluding hydrogens is 266 g/mol. The molecule has 0 atom stereocenters.